The van der Waals surface area contributed by atoms with E-state index in [0.717, 1.165) is 16.5 Å². The lowest BCUT2D eigenvalue weighted by Gasteiger charge is -2.13. The summed E-state index contributed by atoms with van der Waals surface area (Å²) in [7, 11) is 3.20. The molecule has 2 rings (SSSR count). The Morgan fingerprint density at radius 3 is 2.62 bits per heavy atom. The van der Waals surface area contributed by atoms with Gasteiger partial charge in [-0.3, -0.25) is 4.98 Å². The molecule has 0 saturated heterocycles. The van der Waals surface area contributed by atoms with Crippen molar-refractivity contribution in [2.24, 2.45) is 0 Å². The Morgan fingerprint density at radius 2 is 1.94 bits per heavy atom. The number of ether oxygens (including phenoxy) is 2. The topological polar surface area (TPSA) is 57.4 Å². The number of rotatable bonds is 3. The molecular weight excluding hydrogens is 204 g/mol. The van der Waals surface area contributed by atoms with E-state index in [1.165, 1.54) is 0 Å². The maximum absolute atomic E-state index is 5.68. The quantitative estimate of drug-likeness (QED) is 0.633. The number of fused-ring (bicyclic) bond motifs is 1. The normalized spacial score (nSPS) is 11.2. The highest BCUT2D eigenvalue weighted by molar-refractivity contribution is 5.82. The summed E-state index contributed by atoms with van der Waals surface area (Å²) in [5.74, 6) is 0. The fourth-order valence-corrected chi connectivity index (χ4v) is 1.65. The summed E-state index contributed by atoms with van der Waals surface area (Å²) < 4.78 is 10.3. The molecule has 0 amide bonds. The van der Waals surface area contributed by atoms with Crippen LogP contribution in [0.3, 0.4) is 0 Å². The largest absolute Gasteiger partial charge is 0.399 e. The molecule has 2 N–H and O–H groups in total. The predicted octanol–water partition coefficient (Wildman–Crippen LogP) is 2.11. The molecule has 0 aliphatic rings. The predicted molar refractivity (Wildman–Crippen MR) is 62.9 cm³/mol. The van der Waals surface area contributed by atoms with E-state index in [1.54, 1.807) is 20.4 Å². The number of hydrogen-bond donors (Lipinski definition) is 1. The Morgan fingerprint density at radius 1 is 1.19 bits per heavy atom. The average Bonchev–Trinajstić information content (AvgIpc) is 2.31. The Labute approximate surface area is 94.0 Å². The van der Waals surface area contributed by atoms with Gasteiger partial charge < -0.3 is 15.2 Å². The van der Waals surface area contributed by atoms with Crippen LogP contribution in [0.15, 0.2) is 30.5 Å². The van der Waals surface area contributed by atoms with Crippen molar-refractivity contribution in [2.75, 3.05) is 20.0 Å². The molecule has 0 fully saturated rings. The third kappa shape index (κ3) is 1.98. The van der Waals surface area contributed by atoms with Gasteiger partial charge in [-0.05, 0) is 18.2 Å². The number of methoxy groups -OCH3 is 2. The number of nitrogen functional groups attached to an aromatic ring is 1. The molecule has 0 spiro atoms. The van der Waals surface area contributed by atoms with Crippen molar-refractivity contribution in [1.82, 2.24) is 4.98 Å². The van der Waals surface area contributed by atoms with Crippen LogP contribution in [-0.2, 0) is 9.47 Å². The lowest BCUT2D eigenvalue weighted by molar-refractivity contribution is -0.106. The molecule has 0 aliphatic carbocycles. The van der Waals surface area contributed by atoms with Gasteiger partial charge in [-0.2, -0.15) is 0 Å². The van der Waals surface area contributed by atoms with Gasteiger partial charge in [0.05, 0.1) is 5.52 Å². The molecule has 4 nitrogen and oxygen atoms in total. The zero-order chi connectivity index (χ0) is 11.5. The maximum Gasteiger partial charge on any atom is 0.184 e. The molecule has 1 heterocycles. The van der Waals surface area contributed by atoms with E-state index < -0.39 is 0 Å². The van der Waals surface area contributed by atoms with Gasteiger partial charge in [0.25, 0.3) is 0 Å². The molecule has 0 atom stereocenters. The van der Waals surface area contributed by atoms with Gasteiger partial charge in [0.1, 0.15) is 0 Å². The van der Waals surface area contributed by atoms with Crippen LogP contribution in [0.2, 0.25) is 0 Å². The van der Waals surface area contributed by atoms with Crippen LogP contribution in [0.25, 0.3) is 10.9 Å². The molecule has 1 aromatic carbocycles. The van der Waals surface area contributed by atoms with Crippen molar-refractivity contribution < 1.29 is 9.47 Å². The summed E-state index contributed by atoms with van der Waals surface area (Å²) in [6.45, 7) is 0. The minimum atomic E-state index is -0.380. The van der Waals surface area contributed by atoms with Crippen molar-refractivity contribution in [2.45, 2.75) is 6.29 Å². The first-order valence-electron chi connectivity index (χ1n) is 4.95. The molecule has 0 radical (unpaired) electrons. The highest BCUT2D eigenvalue weighted by Crippen LogP contribution is 2.22. The molecule has 2 aromatic rings. The van der Waals surface area contributed by atoms with Gasteiger partial charge in [0.15, 0.2) is 6.29 Å². The fraction of sp³-hybridized carbons (Fsp3) is 0.250. The summed E-state index contributed by atoms with van der Waals surface area (Å²) in [5.41, 5.74) is 8.16. The summed E-state index contributed by atoms with van der Waals surface area (Å²) in [4.78, 5) is 4.32. The third-order valence-electron chi connectivity index (χ3n) is 2.43. The van der Waals surface area contributed by atoms with E-state index in [2.05, 4.69) is 4.98 Å². The van der Waals surface area contributed by atoms with E-state index in [1.807, 2.05) is 24.3 Å². The van der Waals surface area contributed by atoms with E-state index in [0.29, 0.717) is 5.69 Å². The SMILES string of the molecule is COC(OC)c1cnc2cc(N)ccc2c1. The number of nitrogens with zero attached hydrogens (tertiary/aromatic N) is 1. The minimum absolute atomic E-state index is 0.380. The zero-order valence-electron chi connectivity index (χ0n) is 9.31. The van der Waals surface area contributed by atoms with Crippen LogP contribution < -0.4 is 5.73 Å². The van der Waals surface area contributed by atoms with Crippen LogP contribution in [0.4, 0.5) is 5.69 Å². The first-order valence-corrected chi connectivity index (χ1v) is 4.95. The molecule has 0 aliphatic heterocycles. The van der Waals surface area contributed by atoms with Gasteiger partial charge >= 0.3 is 0 Å². The molecule has 0 saturated carbocycles. The number of nitrogens with two attached hydrogens (primary N) is 1. The highest BCUT2D eigenvalue weighted by Gasteiger charge is 2.09. The van der Waals surface area contributed by atoms with Crippen molar-refractivity contribution >= 4 is 16.6 Å². The summed E-state index contributed by atoms with van der Waals surface area (Å²) in [6, 6.07) is 7.61. The second-order valence-corrected chi connectivity index (χ2v) is 3.52. The lowest BCUT2D eigenvalue weighted by Crippen LogP contribution is -2.04. The number of anilines is 1. The fourth-order valence-electron chi connectivity index (χ4n) is 1.65. The maximum atomic E-state index is 5.68. The Balaban J connectivity index is 2.47. The smallest absolute Gasteiger partial charge is 0.184 e. The number of aromatic nitrogens is 1. The van der Waals surface area contributed by atoms with Gasteiger partial charge in [0, 0.05) is 37.1 Å². The first kappa shape index (κ1) is 10.9. The minimum Gasteiger partial charge on any atom is -0.399 e. The molecule has 16 heavy (non-hydrogen) atoms. The van der Waals surface area contributed by atoms with Crippen LogP contribution >= 0.6 is 0 Å². The third-order valence-corrected chi connectivity index (χ3v) is 2.43. The summed E-state index contributed by atoms with van der Waals surface area (Å²) >= 11 is 0. The van der Waals surface area contributed by atoms with Gasteiger partial charge in [-0.1, -0.05) is 6.07 Å². The second-order valence-electron chi connectivity index (χ2n) is 3.52. The van der Waals surface area contributed by atoms with Crippen molar-refractivity contribution in [3.05, 3.63) is 36.0 Å². The summed E-state index contributed by atoms with van der Waals surface area (Å²) in [5, 5.41) is 1.02. The average molecular weight is 218 g/mol. The lowest BCUT2D eigenvalue weighted by atomic mass is 10.1. The molecular formula is C12H14N2O2. The molecule has 0 bridgehead atoms. The zero-order valence-corrected chi connectivity index (χ0v) is 9.31. The number of benzene rings is 1. The van der Waals surface area contributed by atoms with E-state index in [-0.39, 0.29) is 6.29 Å². The van der Waals surface area contributed by atoms with Crippen molar-refractivity contribution in [3.63, 3.8) is 0 Å². The Bertz CT molecular complexity index is 495. The first-order chi connectivity index (χ1) is 7.74. The molecule has 4 heteroatoms. The van der Waals surface area contributed by atoms with E-state index >= 15 is 0 Å². The van der Waals surface area contributed by atoms with Crippen LogP contribution in [0.1, 0.15) is 11.9 Å². The second kappa shape index (κ2) is 4.47. The Kier molecular flexibility index (Phi) is 3.03. The van der Waals surface area contributed by atoms with Crippen LogP contribution in [-0.4, -0.2) is 19.2 Å². The van der Waals surface area contributed by atoms with Gasteiger partial charge in [0.2, 0.25) is 0 Å². The van der Waals surface area contributed by atoms with Crippen LogP contribution in [0.5, 0.6) is 0 Å². The monoisotopic (exact) mass is 218 g/mol. The summed E-state index contributed by atoms with van der Waals surface area (Å²) in [6.07, 6.45) is 1.36. The van der Waals surface area contributed by atoms with Crippen molar-refractivity contribution in [3.8, 4) is 0 Å². The van der Waals surface area contributed by atoms with Gasteiger partial charge in [-0.15, -0.1) is 0 Å². The van der Waals surface area contributed by atoms with Crippen molar-refractivity contribution in [1.29, 1.82) is 0 Å². The standard InChI is InChI=1S/C12H14N2O2/c1-15-12(16-2)9-5-8-3-4-10(13)6-11(8)14-7-9/h3-7,12H,13H2,1-2H3. The molecule has 84 valence electrons. The van der Waals surface area contributed by atoms with Crippen LogP contribution in [0, 0.1) is 0 Å². The number of pyridine rings is 1. The number of hydrogen-bond acceptors (Lipinski definition) is 4. The van der Waals surface area contributed by atoms with E-state index in [4.69, 9.17) is 15.2 Å². The van der Waals surface area contributed by atoms with E-state index in [9.17, 15) is 0 Å². The van der Waals surface area contributed by atoms with Gasteiger partial charge in [-0.25, -0.2) is 0 Å². The Hall–Kier alpha value is -1.65. The molecule has 0 unspecified atom stereocenters. The molecule has 1 aromatic heterocycles. The highest BCUT2D eigenvalue weighted by atomic mass is 16.7.